The molecule has 23 heavy (non-hydrogen) atoms. The average Bonchev–Trinajstić information content (AvgIpc) is 2.57. The first kappa shape index (κ1) is 15.1. The van der Waals surface area contributed by atoms with Crippen molar-refractivity contribution in [3.63, 3.8) is 0 Å². The summed E-state index contributed by atoms with van der Waals surface area (Å²) in [6, 6.07) is 8.03. The maximum Gasteiger partial charge on any atom is 0.203 e. The van der Waals surface area contributed by atoms with E-state index in [-0.39, 0.29) is 12.2 Å². The Hall–Kier alpha value is -2.83. The van der Waals surface area contributed by atoms with E-state index in [9.17, 15) is 13.2 Å². The first-order chi connectivity index (χ1) is 11.1. The highest BCUT2D eigenvalue weighted by atomic mass is 19.2. The van der Waals surface area contributed by atoms with Gasteiger partial charge in [-0.05, 0) is 12.1 Å². The molecule has 1 aromatic heterocycles. The second-order valence-corrected chi connectivity index (χ2v) is 4.77. The van der Waals surface area contributed by atoms with Gasteiger partial charge in [0.1, 0.15) is 0 Å². The van der Waals surface area contributed by atoms with Crippen LogP contribution in [0.25, 0.3) is 11.0 Å². The molecule has 2 aromatic carbocycles. The van der Waals surface area contributed by atoms with Crippen LogP contribution in [0, 0.1) is 17.5 Å². The first-order valence-electron chi connectivity index (χ1n) is 6.76. The smallest absolute Gasteiger partial charge is 0.203 e. The zero-order valence-electron chi connectivity index (χ0n) is 12.1. The Kier molecular flexibility index (Phi) is 4.01. The molecule has 118 valence electrons. The van der Waals surface area contributed by atoms with Gasteiger partial charge in [0.05, 0.1) is 42.3 Å². The van der Waals surface area contributed by atoms with Gasteiger partial charge in [-0.2, -0.15) is 4.39 Å². The third-order valence-electron chi connectivity index (χ3n) is 3.28. The summed E-state index contributed by atoms with van der Waals surface area (Å²) >= 11 is 0. The fraction of sp³-hybridized carbons (Fsp3) is 0.125. The molecule has 0 aliphatic heterocycles. The molecule has 0 saturated heterocycles. The van der Waals surface area contributed by atoms with Crippen LogP contribution in [0.3, 0.4) is 0 Å². The second-order valence-electron chi connectivity index (χ2n) is 4.77. The number of fused-ring (bicyclic) bond motifs is 1. The lowest BCUT2D eigenvalue weighted by atomic mass is 10.2. The summed E-state index contributed by atoms with van der Waals surface area (Å²) in [5, 5.41) is 2.67. The number of hydrogen-bond acceptors (Lipinski definition) is 4. The van der Waals surface area contributed by atoms with Crippen molar-refractivity contribution in [1.82, 2.24) is 9.97 Å². The Morgan fingerprint density at radius 3 is 2.57 bits per heavy atom. The summed E-state index contributed by atoms with van der Waals surface area (Å²) in [4.78, 5) is 8.58. The maximum absolute atomic E-state index is 14.0. The van der Waals surface area contributed by atoms with Gasteiger partial charge < -0.3 is 10.1 Å². The van der Waals surface area contributed by atoms with E-state index >= 15 is 0 Å². The Labute approximate surface area is 129 Å². The Morgan fingerprint density at radius 2 is 1.83 bits per heavy atom. The lowest BCUT2D eigenvalue weighted by molar-refractivity contribution is 0.347. The number of methoxy groups -OCH3 is 1. The van der Waals surface area contributed by atoms with E-state index in [2.05, 4.69) is 20.0 Å². The number of rotatable bonds is 4. The zero-order valence-corrected chi connectivity index (χ0v) is 12.1. The minimum absolute atomic E-state index is 0.100. The first-order valence-corrected chi connectivity index (χ1v) is 6.76. The number of hydrogen-bond donors (Lipinski definition) is 1. The molecule has 0 unspecified atom stereocenters. The molecule has 0 aliphatic rings. The van der Waals surface area contributed by atoms with Crippen LogP contribution in [0.4, 0.5) is 18.9 Å². The van der Waals surface area contributed by atoms with Gasteiger partial charge in [-0.3, -0.25) is 4.98 Å². The summed E-state index contributed by atoms with van der Waals surface area (Å²) in [5.41, 5.74) is 1.74. The van der Waals surface area contributed by atoms with Crippen molar-refractivity contribution >= 4 is 16.7 Å². The van der Waals surface area contributed by atoms with Crippen LogP contribution < -0.4 is 10.1 Å². The molecular weight excluding hydrogens is 307 g/mol. The van der Waals surface area contributed by atoms with Crippen LogP contribution in [0.2, 0.25) is 0 Å². The van der Waals surface area contributed by atoms with E-state index in [4.69, 9.17) is 0 Å². The third kappa shape index (κ3) is 2.90. The molecule has 4 nitrogen and oxygen atoms in total. The highest BCUT2D eigenvalue weighted by molar-refractivity contribution is 5.73. The van der Waals surface area contributed by atoms with Crippen molar-refractivity contribution in [2.24, 2.45) is 0 Å². The van der Waals surface area contributed by atoms with Crippen molar-refractivity contribution in [2.45, 2.75) is 6.54 Å². The lowest BCUT2D eigenvalue weighted by Gasteiger charge is -2.11. The molecule has 0 radical (unpaired) electrons. The molecule has 0 spiro atoms. The van der Waals surface area contributed by atoms with Crippen LogP contribution in [0.5, 0.6) is 5.75 Å². The Morgan fingerprint density at radius 1 is 1.09 bits per heavy atom. The Bertz CT molecular complexity index is 871. The number of nitrogens with zero attached hydrogens (tertiary/aromatic N) is 2. The summed E-state index contributed by atoms with van der Waals surface area (Å²) in [6.07, 6.45) is 1.53. The van der Waals surface area contributed by atoms with Crippen LogP contribution in [0.15, 0.2) is 36.5 Å². The molecule has 3 rings (SSSR count). The minimum atomic E-state index is -1.36. The van der Waals surface area contributed by atoms with Gasteiger partial charge in [0, 0.05) is 6.07 Å². The van der Waals surface area contributed by atoms with E-state index in [1.54, 1.807) is 6.07 Å². The second kappa shape index (κ2) is 6.12. The number of benzene rings is 2. The molecule has 0 fully saturated rings. The van der Waals surface area contributed by atoms with Crippen LogP contribution in [-0.2, 0) is 6.54 Å². The molecule has 7 heteroatoms. The van der Waals surface area contributed by atoms with Crippen LogP contribution >= 0.6 is 0 Å². The van der Waals surface area contributed by atoms with Gasteiger partial charge in [0.2, 0.25) is 5.82 Å². The molecule has 1 N–H and O–H groups in total. The summed E-state index contributed by atoms with van der Waals surface area (Å²) in [6.45, 7) is 0.100. The fourth-order valence-electron chi connectivity index (χ4n) is 2.15. The molecule has 0 bridgehead atoms. The van der Waals surface area contributed by atoms with Crippen molar-refractivity contribution in [3.8, 4) is 5.75 Å². The van der Waals surface area contributed by atoms with E-state index in [1.807, 2.05) is 18.2 Å². The predicted octanol–water partition coefficient (Wildman–Crippen LogP) is 3.67. The van der Waals surface area contributed by atoms with Gasteiger partial charge >= 0.3 is 0 Å². The number of anilines is 1. The number of ether oxygens (including phenoxy) is 1. The van der Waals surface area contributed by atoms with Crippen LogP contribution in [-0.4, -0.2) is 17.1 Å². The van der Waals surface area contributed by atoms with E-state index < -0.39 is 23.2 Å². The monoisotopic (exact) mass is 319 g/mol. The van der Waals surface area contributed by atoms with Crippen molar-refractivity contribution in [2.75, 3.05) is 12.4 Å². The van der Waals surface area contributed by atoms with Crippen LogP contribution in [0.1, 0.15) is 5.69 Å². The third-order valence-corrected chi connectivity index (χ3v) is 3.28. The highest BCUT2D eigenvalue weighted by Crippen LogP contribution is 2.30. The average molecular weight is 319 g/mol. The molecule has 0 saturated carbocycles. The lowest BCUT2D eigenvalue weighted by Crippen LogP contribution is -2.07. The number of para-hydroxylation sites is 2. The topological polar surface area (TPSA) is 47.0 Å². The van der Waals surface area contributed by atoms with Gasteiger partial charge in [0.15, 0.2) is 17.4 Å². The molecule has 0 amide bonds. The van der Waals surface area contributed by atoms with Crippen molar-refractivity contribution < 1.29 is 17.9 Å². The molecule has 1 heterocycles. The van der Waals surface area contributed by atoms with Gasteiger partial charge in [0.25, 0.3) is 0 Å². The molecule has 0 aliphatic carbocycles. The molecule has 0 atom stereocenters. The van der Waals surface area contributed by atoms with E-state index in [1.165, 1.54) is 6.20 Å². The SMILES string of the molecule is COc1c(F)c(F)cc(NCc2cnc3ccccc3n2)c1F. The molecule has 3 aromatic rings. The predicted molar refractivity (Wildman–Crippen MR) is 79.7 cm³/mol. The van der Waals surface area contributed by atoms with E-state index in [0.717, 1.165) is 18.7 Å². The number of halogens is 3. The fourth-order valence-corrected chi connectivity index (χ4v) is 2.15. The van der Waals surface area contributed by atoms with Gasteiger partial charge in [-0.25, -0.2) is 13.8 Å². The van der Waals surface area contributed by atoms with E-state index in [0.29, 0.717) is 11.2 Å². The summed E-state index contributed by atoms with van der Waals surface area (Å²) in [5.74, 6) is -4.33. The normalized spacial score (nSPS) is 10.8. The standard InChI is InChI=1S/C16H12F3N3O/c1-23-16-14(18)10(17)6-13(15(16)19)21-8-9-7-20-11-4-2-3-5-12(11)22-9/h2-7,21H,8H2,1H3. The summed E-state index contributed by atoms with van der Waals surface area (Å²) < 4.78 is 45.4. The zero-order chi connectivity index (χ0) is 16.4. The van der Waals surface area contributed by atoms with Gasteiger partial charge in [-0.15, -0.1) is 0 Å². The van der Waals surface area contributed by atoms with Crippen molar-refractivity contribution in [3.05, 3.63) is 59.7 Å². The largest absolute Gasteiger partial charge is 0.491 e. The highest BCUT2D eigenvalue weighted by Gasteiger charge is 2.19. The quantitative estimate of drug-likeness (QED) is 0.746. The number of nitrogens with one attached hydrogen (secondary N) is 1. The van der Waals surface area contributed by atoms with Crippen molar-refractivity contribution in [1.29, 1.82) is 0 Å². The maximum atomic E-state index is 14.0. The number of aromatic nitrogens is 2. The molecular formula is C16H12F3N3O. The minimum Gasteiger partial charge on any atom is -0.491 e. The Balaban J connectivity index is 1.86. The van der Waals surface area contributed by atoms with Gasteiger partial charge in [-0.1, -0.05) is 12.1 Å². The summed E-state index contributed by atoms with van der Waals surface area (Å²) in [7, 11) is 1.07.